The van der Waals surface area contributed by atoms with Crippen molar-refractivity contribution >= 4 is 23.5 Å². The number of carbonyl (C=O) groups excluding carboxylic acids is 2. The van der Waals surface area contributed by atoms with E-state index in [1.165, 1.54) is 38.5 Å². The van der Waals surface area contributed by atoms with Gasteiger partial charge in [-0.3, -0.25) is 4.79 Å². The second-order valence-electron chi connectivity index (χ2n) is 7.34. The summed E-state index contributed by atoms with van der Waals surface area (Å²) in [6.07, 6.45) is 6.87. The number of amides is 1. The molecule has 154 valence electrons. The standard InChI is InChI=1S/C21H28ClNO5/c1-3-27-20-16(22)11-15(12-18(20)26-2)21(25)28-13-19(24)23-10-6-8-14-7-4-5-9-17(14)23/h11-12,14,17H,3-10,13H2,1-2H3/t14-,17-/m1/s1. The highest BCUT2D eigenvalue weighted by Gasteiger charge is 2.35. The highest BCUT2D eigenvalue weighted by Crippen LogP contribution is 2.37. The van der Waals surface area contributed by atoms with Crippen LogP contribution in [-0.2, 0) is 9.53 Å². The second-order valence-corrected chi connectivity index (χ2v) is 7.75. The number of hydrogen-bond acceptors (Lipinski definition) is 5. The quantitative estimate of drug-likeness (QED) is 0.662. The van der Waals surface area contributed by atoms with Crippen molar-refractivity contribution in [3.63, 3.8) is 0 Å². The highest BCUT2D eigenvalue weighted by molar-refractivity contribution is 6.32. The Bertz CT molecular complexity index is 721. The number of hydrogen-bond donors (Lipinski definition) is 0. The third kappa shape index (κ3) is 4.54. The van der Waals surface area contributed by atoms with Crippen molar-refractivity contribution in [3.8, 4) is 11.5 Å². The van der Waals surface area contributed by atoms with Crippen LogP contribution >= 0.6 is 11.6 Å². The van der Waals surface area contributed by atoms with E-state index in [4.69, 9.17) is 25.8 Å². The molecule has 0 bridgehead atoms. The zero-order valence-corrected chi connectivity index (χ0v) is 17.3. The Morgan fingerprint density at radius 2 is 1.93 bits per heavy atom. The van der Waals surface area contributed by atoms with E-state index in [0.717, 1.165) is 25.8 Å². The van der Waals surface area contributed by atoms with E-state index in [-0.39, 0.29) is 23.1 Å². The largest absolute Gasteiger partial charge is 0.493 e. The predicted molar refractivity (Wildman–Crippen MR) is 106 cm³/mol. The van der Waals surface area contributed by atoms with E-state index >= 15 is 0 Å². The topological polar surface area (TPSA) is 65.1 Å². The Morgan fingerprint density at radius 3 is 2.68 bits per heavy atom. The van der Waals surface area contributed by atoms with Crippen LogP contribution in [0.3, 0.4) is 0 Å². The molecule has 3 rings (SSSR count). The Balaban J connectivity index is 1.63. The van der Waals surface area contributed by atoms with Gasteiger partial charge < -0.3 is 19.1 Å². The van der Waals surface area contributed by atoms with Gasteiger partial charge in [-0.05, 0) is 50.7 Å². The fraction of sp³-hybridized carbons (Fsp3) is 0.619. The van der Waals surface area contributed by atoms with Gasteiger partial charge in [-0.15, -0.1) is 0 Å². The summed E-state index contributed by atoms with van der Waals surface area (Å²) in [5.74, 6) is 0.615. The number of ether oxygens (including phenoxy) is 3. The van der Waals surface area contributed by atoms with Crippen LogP contribution in [0.5, 0.6) is 11.5 Å². The Morgan fingerprint density at radius 1 is 1.18 bits per heavy atom. The average molecular weight is 410 g/mol. The molecule has 1 amide bonds. The third-order valence-corrected chi connectivity index (χ3v) is 5.92. The maximum Gasteiger partial charge on any atom is 0.338 e. The maximum absolute atomic E-state index is 12.7. The smallest absolute Gasteiger partial charge is 0.338 e. The van der Waals surface area contributed by atoms with Crippen LogP contribution in [0.25, 0.3) is 0 Å². The van der Waals surface area contributed by atoms with Crippen LogP contribution in [0.1, 0.15) is 55.8 Å². The molecule has 1 heterocycles. The van der Waals surface area contributed by atoms with Gasteiger partial charge in [0.2, 0.25) is 0 Å². The lowest BCUT2D eigenvalue weighted by Crippen LogP contribution is -2.50. The first-order valence-electron chi connectivity index (χ1n) is 10.0. The summed E-state index contributed by atoms with van der Waals surface area (Å²) in [6, 6.07) is 3.29. The number of methoxy groups -OCH3 is 1. The zero-order chi connectivity index (χ0) is 20.1. The summed E-state index contributed by atoms with van der Waals surface area (Å²) < 4.78 is 16.0. The van der Waals surface area contributed by atoms with Crippen molar-refractivity contribution in [2.24, 2.45) is 5.92 Å². The fourth-order valence-electron chi connectivity index (χ4n) is 4.35. The Labute approximate surface area is 171 Å². The molecule has 0 radical (unpaired) electrons. The molecule has 7 heteroatoms. The lowest BCUT2D eigenvalue weighted by atomic mass is 9.78. The number of fused-ring (bicyclic) bond motifs is 1. The third-order valence-electron chi connectivity index (χ3n) is 5.64. The average Bonchev–Trinajstić information content (AvgIpc) is 2.72. The number of nitrogens with zero attached hydrogens (tertiary/aromatic N) is 1. The number of rotatable bonds is 6. The lowest BCUT2D eigenvalue weighted by Gasteiger charge is -2.44. The van der Waals surface area contributed by atoms with Crippen LogP contribution in [0.2, 0.25) is 5.02 Å². The van der Waals surface area contributed by atoms with Crippen LogP contribution in [0.15, 0.2) is 12.1 Å². The molecule has 28 heavy (non-hydrogen) atoms. The van der Waals surface area contributed by atoms with Gasteiger partial charge in [0.1, 0.15) is 0 Å². The molecule has 0 unspecified atom stereocenters. The van der Waals surface area contributed by atoms with Crippen molar-refractivity contribution in [1.82, 2.24) is 4.90 Å². The fourth-order valence-corrected chi connectivity index (χ4v) is 4.62. The number of piperidine rings is 1. The van der Waals surface area contributed by atoms with E-state index in [1.54, 1.807) is 0 Å². The van der Waals surface area contributed by atoms with Crippen LogP contribution in [0.4, 0.5) is 0 Å². The minimum atomic E-state index is -0.603. The van der Waals surface area contributed by atoms with Gasteiger partial charge in [-0.25, -0.2) is 4.79 Å². The van der Waals surface area contributed by atoms with E-state index in [1.807, 2.05) is 11.8 Å². The number of likely N-dealkylation sites (tertiary alicyclic amines) is 1. The van der Waals surface area contributed by atoms with E-state index in [9.17, 15) is 9.59 Å². The van der Waals surface area contributed by atoms with Gasteiger partial charge in [0, 0.05) is 12.6 Å². The van der Waals surface area contributed by atoms with Crippen molar-refractivity contribution in [2.75, 3.05) is 26.9 Å². The van der Waals surface area contributed by atoms with E-state index in [0.29, 0.717) is 30.1 Å². The molecule has 2 atom stereocenters. The normalized spacial score (nSPS) is 21.6. The molecule has 0 aromatic heterocycles. The second kappa shape index (κ2) is 9.50. The summed E-state index contributed by atoms with van der Waals surface area (Å²) in [6.45, 7) is 2.75. The molecular formula is C21H28ClNO5. The SMILES string of the molecule is CCOc1c(Cl)cc(C(=O)OCC(=O)N2CCC[C@H]3CCCC[C@H]32)cc1OC. The van der Waals surface area contributed by atoms with E-state index < -0.39 is 5.97 Å². The summed E-state index contributed by atoms with van der Waals surface area (Å²) in [7, 11) is 1.48. The van der Waals surface area contributed by atoms with Gasteiger partial charge >= 0.3 is 5.97 Å². The minimum Gasteiger partial charge on any atom is -0.493 e. The lowest BCUT2D eigenvalue weighted by molar-refractivity contribution is -0.140. The Hall–Kier alpha value is -1.95. The van der Waals surface area contributed by atoms with Gasteiger partial charge in [0.05, 0.1) is 24.3 Å². The molecule has 1 aromatic rings. The van der Waals surface area contributed by atoms with Gasteiger partial charge in [0.25, 0.3) is 5.91 Å². The van der Waals surface area contributed by atoms with Gasteiger partial charge in [0.15, 0.2) is 18.1 Å². The first-order valence-corrected chi connectivity index (χ1v) is 10.4. The molecule has 6 nitrogen and oxygen atoms in total. The molecule has 1 saturated carbocycles. The summed E-state index contributed by atoms with van der Waals surface area (Å²) in [4.78, 5) is 27.1. The van der Waals surface area contributed by atoms with E-state index in [2.05, 4.69) is 0 Å². The van der Waals surface area contributed by atoms with Gasteiger partial charge in [-0.2, -0.15) is 0 Å². The number of benzene rings is 1. The minimum absolute atomic E-state index is 0.117. The molecule has 1 aromatic carbocycles. The highest BCUT2D eigenvalue weighted by atomic mass is 35.5. The Kier molecular flexibility index (Phi) is 7.05. The molecular weight excluding hydrogens is 382 g/mol. The predicted octanol–water partition coefficient (Wildman–Crippen LogP) is 4.09. The van der Waals surface area contributed by atoms with Crippen molar-refractivity contribution in [3.05, 3.63) is 22.7 Å². The molecule has 0 spiro atoms. The van der Waals surface area contributed by atoms with Crippen molar-refractivity contribution in [2.45, 2.75) is 51.5 Å². The molecule has 1 aliphatic heterocycles. The van der Waals surface area contributed by atoms with Gasteiger partial charge in [-0.1, -0.05) is 24.4 Å². The van der Waals surface area contributed by atoms with Crippen LogP contribution in [-0.4, -0.2) is 49.7 Å². The zero-order valence-electron chi connectivity index (χ0n) is 16.5. The van der Waals surface area contributed by atoms with Crippen molar-refractivity contribution in [1.29, 1.82) is 0 Å². The summed E-state index contributed by atoms with van der Waals surface area (Å²) in [5.41, 5.74) is 0.229. The maximum atomic E-state index is 12.7. The molecule has 1 saturated heterocycles. The number of esters is 1. The monoisotopic (exact) mass is 409 g/mol. The summed E-state index contributed by atoms with van der Waals surface area (Å²) in [5, 5.41) is 0.264. The molecule has 0 N–H and O–H groups in total. The molecule has 2 aliphatic rings. The number of halogens is 1. The first-order chi connectivity index (χ1) is 13.5. The van der Waals surface area contributed by atoms with Crippen molar-refractivity contribution < 1.29 is 23.8 Å². The number of carbonyl (C=O) groups is 2. The van der Waals surface area contributed by atoms with Crippen LogP contribution in [0, 0.1) is 5.92 Å². The first kappa shape index (κ1) is 20.8. The molecule has 1 aliphatic carbocycles. The summed E-state index contributed by atoms with van der Waals surface area (Å²) >= 11 is 6.21. The molecule has 2 fully saturated rings. The van der Waals surface area contributed by atoms with Crippen LogP contribution < -0.4 is 9.47 Å².